The molecular weight excluding hydrogens is 312 g/mol. The second-order valence-electron chi connectivity index (χ2n) is 4.22. The Bertz CT molecular complexity index is 689. The highest BCUT2D eigenvalue weighted by atomic mass is 35.5. The molecule has 3 nitrogen and oxygen atoms in total. The monoisotopic (exact) mass is 323 g/mol. The molecule has 2 aromatic carbocycles. The van der Waals surface area contributed by atoms with E-state index in [1.54, 1.807) is 42.5 Å². The third-order valence-corrected chi connectivity index (χ3v) is 3.01. The van der Waals surface area contributed by atoms with Gasteiger partial charge in [-0.1, -0.05) is 41.9 Å². The number of carbonyl (C=O) groups is 1. The molecule has 2 aromatic rings. The van der Waals surface area contributed by atoms with Gasteiger partial charge in [-0.05, 0) is 24.3 Å². The third kappa shape index (κ3) is 4.56. The van der Waals surface area contributed by atoms with Crippen LogP contribution in [0.15, 0.2) is 54.6 Å². The van der Waals surface area contributed by atoms with E-state index in [1.807, 2.05) is 0 Å². The molecule has 0 aliphatic carbocycles. The molecule has 114 valence electrons. The fraction of sp³-hybridized carbons (Fsp3) is 0.0625. The summed E-state index contributed by atoms with van der Waals surface area (Å²) in [6.07, 6.45) is 2.61. The van der Waals surface area contributed by atoms with Gasteiger partial charge in [-0.3, -0.25) is 4.79 Å². The molecule has 1 amide bonds. The minimum absolute atomic E-state index is 0.000654. The van der Waals surface area contributed by atoms with E-state index in [2.05, 4.69) is 10.1 Å². The summed E-state index contributed by atoms with van der Waals surface area (Å²) in [5.74, 6) is -0.431. The van der Waals surface area contributed by atoms with Gasteiger partial charge in [0.25, 0.3) is 0 Å². The van der Waals surface area contributed by atoms with E-state index in [4.69, 9.17) is 11.6 Å². The molecule has 0 fully saturated rings. The van der Waals surface area contributed by atoms with E-state index < -0.39 is 12.5 Å². The number of hydrogen-bond donors (Lipinski definition) is 1. The maximum Gasteiger partial charge on any atom is 0.387 e. The summed E-state index contributed by atoms with van der Waals surface area (Å²) in [4.78, 5) is 11.8. The average Bonchev–Trinajstić information content (AvgIpc) is 2.48. The van der Waals surface area contributed by atoms with Crippen LogP contribution in [0.3, 0.4) is 0 Å². The lowest BCUT2D eigenvalue weighted by atomic mass is 10.2. The number of nitrogens with one attached hydrogen (secondary N) is 1. The molecule has 0 radical (unpaired) electrons. The molecule has 0 aromatic heterocycles. The Hall–Kier alpha value is -2.40. The number of benzene rings is 2. The summed E-state index contributed by atoms with van der Waals surface area (Å²) in [6, 6.07) is 13.0. The van der Waals surface area contributed by atoms with Crippen molar-refractivity contribution in [2.45, 2.75) is 6.61 Å². The normalized spacial score (nSPS) is 10.9. The number of halogens is 3. The number of alkyl halides is 2. The highest BCUT2D eigenvalue weighted by molar-refractivity contribution is 6.33. The Morgan fingerprint density at radius 1 is 1.14 bits per heavy atom. The Morgan fingerprint density at radius 2 is 1.82 bits per heavy atom. The first-order valence-electron chi connectivity index (χ1n) is 6.33. The van der Waals surface area contributed by atoms with Crippen molar-refractivity contribution in [3.05, 3.63) is 65.2 Å². The summed E-state index contributed by atoms with van der Waals surface area (Å²) in [5, 5.41) is 3.00. The van der Waals surface area contributed by atoms with Gasteiger partial charge in [0.2, 0.25) is 5.91 Å². The largest absolute Gasteiger partial charge is 0.434 e. The summed E-state index contributed by atoms with van der Waals surface area (Å²) in [5.41, 5.74) is 0.841. The lowest BCUT2D eigenvalue weighted by Crippen LogP contribution is -2.08. The number of para-hydroxylation sites is 2. The van der Waals surface area contributed by atoms with E-state index in [9.17, 15) is 13.6 Å². The smallest absolute Gasteiger partial charge is 0.387 e. The summed E-state index contributed by atoms with van der Waals surface area (Å²) in [6.45, 7) is -2.92. The van der Waals surface area contributed by atoms with E-state index >= 15 is 0 Å². The second kappa shape index (κ2) is 7.56. The molecule has 2 rings (SSSR count). The van der Waals surface area contributed by atoms with Gasteiger partial charge >= 0.3 is 6.61 Å². The Balaban J connectivity index is 2.09. The summed E-state index contributed by atoms with van der Waals surface area (Å²) >= 11 is 5.93. The number of anilines is 1. The van der Waals surface area contributed by atoms with Crippen molar-refractivity contribution >= 4 is 29.3 Å². The minimum atomic E-state index is -2.92. The van der Waals surface area contributed by atoms with Crippen LogP contribution in [-0.4, -0.2) is 12.5 Å². The lowest BCUT2D eigenvalue weighted by molar-refractivity contribution is -0.111. The van der Waals surface area contributed by atoms with E-state index in [-0.39, 0.29) is 5.75 Å². The van der Waals surface area contributed by atoms with Crippen LogP contribution in [0.5, 0.6) is 5.75 Å². The van der Waals surface area contributed by atoms with Gasteiger partial charge in [0, 0.05) is 11.6 Å². The van der Waals surface area contributed by atoms with Crippen LogP contribution in [0.25, 0.3) is 6.08 Å². The average molecular weight is 324 g/mol. The third-order valence-electron chi connectivity index (χ3n) is 2.68. The number of amides is 1. The van der Waals surface area contributed by atoms with Crippen molar-refractivity contribution in [3.8, 4) is 5.75 Å². The number of rotatable bonds is 5. The first-order chi connectivity index (χ1) is 10.6. The molecule has 6 heteroatoms. The van der Waals surface area contributed by atoms with E-state index in [0.717, 1.165) is 0 Å². The van der Waals surface area contributed by atoms with Gasteiger partial charge in [-0.25, -0.2) is 0 Å². The zero-order chi connectivity index (χ0) is 15.9. The highest BCUT2D eigenvalue weighted by Gasteiger charge is 2.07. The zero-order valence-electron chi connectivity index (χ0n) is 11.3. The highest BCUT2D eigenvalue weighted by Crippen LogP contribution is 2.22. The van der Waals surface area contributed by atoms with Gasteiger partial charge < -0.3 is 10.1 Å². The number of ether oxygens (including phenoxy) is 1. The van der Waals surface area contributed by atoms with Crippen LogP contribution in [0.4, 0.5) is 14.5 Å². The maximum atomic E-state index is 12.3. The molecule has 0 unspecified atom stereocenters. The Kier molecular flexibility index (Phi) is 5.49. The molecule has 0 atom stereocenters. The minimum Gasteiger partial charge on any atom is -0.434 e. The zero-order valence-corrected chi connectivity index (χ0v) is 12.1. The van der Waals surface area contributed by atoms with Gasteiger partial charge in [0.05, 0.1) is 10.7 Å². The number of hydrogen-bond acceptors (Lipinski definition) is 2. The summed E-state index contributed by atoms with van der Waals surface area (Å²) in [7, 11) is 0. The van der Waals surface area contributed by atoms with Crippen molar-refractivity contribution in [1.29, 1.82) is 0 Å². The van der Waals surface area contributed by atoms with Crippen LogP contribution in [-0.2, 0) is 4.79 Å². The molecule has 1 N–H and O–H groups in total. The first kappa shape index (κ1) is 16.0. The van der Waals surface area contributed by atoms with Crippen LogP contribution in [0, 0.1) is 0 Å². The molecule has 0 aliphatic rings. The van der Waals surface area contributed by atoms with Gasteiger partial charge in [0.1, 0.15) is 5.75 Å². The summed E-state index contributed by atoms with van der Waals surface area (Å²) < 4.78 is 29.0. The molecule has 22 heavy (non-hydrogen) atoms. The predicted octanol–water partition coefficient (Wildman–Crippen LogP) is 4.59. The second-order valence-corrected chi connectivity index (χ2v) is 4.63. The van der Waals surface area contributed by atoms with E-state index in [0.29, 0.717) is 16.3 Å². The van der Waals surface area contributed by atoms with Gasteiger partial charge in [-0.15, -0.1) is 0 Å². The predicted molar refractivity (Wildman–Crippen MR) is 82.2 cm³/mol. The van der Waals surface area contributed by atoms with Crippen molar-refractivity contribution in [2.24, 2.45) is 0 Å². The molecule has 0 saturated heterocycles. The van der Waals surface area contributed by atoms with Crippen LogP contribution < -0.4 is 10.1 Å². The van der Waals surface area contributed by atoms with Gasteiger partial charge in [0.15, 0.2) is 0 Å². The van der Waals surface area contributed by atoms with E-state index in [1.165, 1.54) is 18.2 Å². The quantitative estimate of drug-likeness (QED) is 0.817. The van der Waals surface area contributed by atoms with Crippen LogP contribution in [0.1, 0.15) is 5.56 Å². The lowest BCUT2D eigenvalue weighted by Gasteiger charge is -2.07. The van der Waals surface area contributed by atoms with Crippen molar-refractivity contribution in [1.82, 2.24) is 0 Å². The molecule has 0 aliphatic heterocycles. The fourth-order valence-corrected chi connectivity index (χ4v) is 1.91. The standard InChI is InChI=1S/C16H12ClF2NO2/c17-12-6-2-3-7-13(12)20-15(21)10-9-11-5-1-4-8-14(11)22-16(18)19/h1-10,16H,(H,20,21)/b10-9+. The van der Waals surface area contributed by atoms with Gasteiger partial charge in [-0.2, -0.15) is 8.78 Å². The maximum absolute atomic E-state index is 12.3. The Labute approximate surface area is 131 Å². The molecule has 0 spiro atoms. The molecule has 0 heterocycles. The molecule has 0 saturated carbocycles. The Morgan fingerprint density at radius 3 is 2.55 bits per heavy atom. The topological polar surface area (TPSA) is 38.3 Å². The van der Waals surface area contributed by atoms with Crippen LogP contribution in [0.2, 0.25) is 5.02 Å². The fourth-order valence-electron chi connectivity index (χ4n) is 1.72. The first-order valence-corrected chi connectivity index (χ1v) is 6.71. The molecule has 0 bridgehead atoms. The molecular formula is C16H12ClF2NO2. The number of carbonyl (C=O) groups excluding carboxylic acids is 1. The van der Waals surface area contributed by atoms with Crippen molar-refractivity contribution in [3.63, 3.8) is 0 Å². The van der Waals surface area contributed by atoms with Crippen molar-refractivity contribution in [2.75, 3.05) is 5.32 Å². The van der Waals surface area contributed by atoms with Crippen molar-refractivity contribution < 1.29 is 18.3 Å². The van der Waals surface area contributed by atoms with Crippen LogP contribution >= 0.6 is 11.6 Å². The SMILES string of the molecule is O=C(/C=C/c1ccccc1OC(F)F)Nc1ccccc1Cl.